The fourth-order valence-corrected chi connectivity index (χ4v) is 2.42. The summed E-state index contributed by atoms with van der Waals surface area (Å²) in [5.74, 6) is 0.894. The second-order valence-electron chi connectivity index (χ2n) is 6.01. The van der Waals surface area contributed by atoms with Gasteiger partial charge in [0.15, 0.2) is 5.82 Å². The fourth-order valence-electron chi connectivity index (χ4n) is 2.12. The Labute approximate surface area is 162 Å². The molecular weight excluding hydrogens is 377 g/mol. The van der Waals surface area contributed by atoms with Crippen LogP contribution in [0, 0.1) is 0 Å². The number of benzene rings is 1. The second kappa shape index (κ2) is 8.48. The number of nitrogen functional groups attached to an aromatic ring is 1. The van der Waals surface area contributed by atoms with Gasteiger partial charge in [-0.1, -0.05) is 23.2 Å². The van der Waals surface area contributed by atoms with Crippen molar-refractivity contribution in [2.45, 2.75) is 13.0 Å². The van der Waals surface area contributed by atoms with Gasteiger partial charge in [-0.2, -0.15) is 15.0 Å². The molecule has 1 aromatic heterocycles. The highest BCUT2D eigenvalue weighted by atomic mass is 35.5. The molecule has 140 valence electrons. The van der Waals surface area contributed by atoms with Gasteiger partial charge in [0.1, 0.15) is 0 Å². The number of hydrogen-bond acceptors (Lipinski definition) is 7. The van der Waals surface area contributed by atoms with E-state index in [1.807, 2.05) is 21.0 Å². The van der Waals surface area contributed by atoms with Crippen molar-refractivity contribution in [3.63, 3.8) is 0 Å². The Hall–Kier alpha value is -2.16. The Morgan fingerprint density at radius 2 is 1.88 bits per heavy atom. The first-order chi connectivity index (χ1) is 12.2. The zero-order chi connectivity index (χ0) is 19.4. The molecule has 0 saturated carbocycles. The molecule has 0 unspecified atom stereocenters. The van der Waals surface area contributed by atoms with Crippen LogP contribution in [0.15, 0.2) is 18.2 Å². The van der Waals surface area contributed by atoms with Gasteiger partial charge in [0.25, 0.3) is 0 Å². The molecule has 26 heavy (non-hydrogen) atoms. The molecule has 0 spiro atoms. The van der Waals surface area contributed by atoms with Gasteiger partial charge in [0, 0.05) is 19.8 Å². The van der Waals surface area contributed by atoms with Crippen molar-refractivity contribution in [2.24, 2.45) is 0 Å². The number of likely N-dealkylation sites (N-methyl/N-ethyl adjacent to an activating group) is 1. The largest absolute Gasteiger partial charge is 0.368 e. The van der Waals surface area contributed by atoms with E-state index in [4.69, 9.17) is 28.9 Å². The van der Waals surface area contributed by atoms with Crippen LogP contribution in [0.1, 0.15) is 18.8 Å². The van der Waals surface area contributed by atoms with Crippen LogP contribution < -0.4 is 16.0 Å². The lowest BCUT2D eigenvalue weighted by Crippen LogP contribution is -2.33. The maximum atomic E-state index is 12.3. The predicted molar refractivity (Wildman–Crippen MR) is 105 cm³/mol. The van der Waals surface area contributed by atoms with E-state index in [2.05, 4.69) is 20.3 Å². The van der Waals surface area contributed by atoms with Crippen molar-refractivity contribution in [3.05, 3.63) is 34.1 Å². The minimum atomic E-state index is -0.237. The van der Waals surface area contributed by atoms with E-state index < -0.39 is 0 Å². The monoisotopic (exact) mass is 397 g/mol. The standard InChI is InChI=1S/C16H21Cl2N7O/c1-9(14-21-15(19)23-16(22-14)24(2)3)25(4)8-13(26)20-10-5-6-11(17)12(18)7-10/h5-7,9H,8H2,1-4H3,(H,20,26)(H2,19,21,22,23)/t9-/m1/s1. The number of amides is 1. The number of hydrogen-bond donors (Lipinski definition) is 2. The zero-order valence-corrected chi connectivity index (χ0v) is 16.5. The lowest BCUT2D eigenvalue weighted by Gasteiger charge is -2.23. The summed E-state index contributed by atoms with van der Waals surface area (Å²) in [4.78, 5) is 28.5. The third kappa shape index (κ3) is 5.17. The van der Waals surface area contributed by atoms with Gasteiger partial charge < -0.3 is 16.0 Å². The Bertz CT molecular complexity index is 800. The van der Waals surface area contributed by atoms with Crippen molar-refractivity contribution in [1.29, 1.82) is 0 Å². The molecule has 8 nitrogen and oxygen atoms in total. The molecule has 1 amide bonds. The number of halogens is 2. The number of nitrogens with two attached hydrogens (primary N) is 1. The molecule has 0 aliphatic carbocycles. The molecule has 3 N–H and O–H groups in total. The van der Waals surface area contributed by atoms with Crippen LogP contribution in [-0.4, -0.2) is 53.4 Å². The Morgan fingerprint density at radius 3 is 2.50 bits per heavy atom. The summed E-state index contributed by atoms with van der Waals surface area (Å²) in [6.45, 7) is 2.02. The average molecular weight is 398 g/mol. The Morgan fingerprint density at radius 1 is 1.19 bits per heavy atom. The van der Waals surface area contributed by atoms with Crippen molar-refractivity contribution < 1.29 is 4.79 Å². The molecule has 0 aliphatic rings. The van der Waals surface area contributed by atoms with Crippen molar-refractivity contribution in [1.82, 2.24) is 19.9 Å². The predicted octanol–water partition coefficient (Wildman–Crippen LogP) is 2.46. The number of carbonyl (C=O) groups is 1. The van der Waals surface area contributed by atoms with Gasteiger partial charge >= 0.3 is 0 Å². The van der Waals surface area contributed by atoms with Crippen LogP contribution in [0.25, 0.3) is 0 Å². The summed E-state index contributed by atoms with van der Waals surface area (Å²) in [5.41, 5.74) is 6.33. The first kappa shape index (κ1) is 20.2. The molecule has 0 bridgehead atoms. The fraction of sp³-hybridized carbons (Fsp3) is 0.375. The minimum Gasteiger partial charge on any atom is -0.368 e. The molecule has 1 aromatic carbocycles. The molecule has 2 aromatic rings. The van der Waals surface area contributed by atoms with E-state index in [-0.39, 0.29) is 24.4 Å². The van der Waals surface area contributed by atoms with Crippen LogP contribution >= 0.6 is 23.2 Å². The quantitative estimate of drug-likeness (QED) is 0.771. The molecule has 2 rings (SSSR count). The molecule has 0 aliphatic heterocycles. The summed E-state index contributed by atoms with van der Waals surface area (Å²) in [6, 6.07) is 4.67. The third-order valence-electron chi connectivity index (χ3n) is 3.69. The molecule has 0 radical (unpaired) electrons. The van der Waals surface area contributed by atoms with Crippen LogP contribution in [-0.2, 0) is 4.79 Å². The maximum Gasteiger partial charge on any atom is 0.238 e. The zero-order valence-electron chi connectivity index (χ0n) is 15.0. The van der Waals surface area contributed by atoms with Crippen LogP contribution in [0.2, 0.25) is 10.0 Å². The summed E-state index contributed by atoms with van der Waals surface area (Å²) in [5, 5.41) is 3.59. The van der Waals surface area contributed by atoms with Gasteiger partial charge in [0.05, 0.1) is 22.6 Å². The van der Waals surface area contributed by atoms with E-state index in [0.29, 0.717) is 27.5 Å². The number of carbonyl (C=O) groups excluding carboxylic acids is 1. The smallest absolute Gasteiger partial charge is 0.238 e. The van der Waals surface area contributed by atoms with Gasteiger partial charge in [-0.05, 0) is 32.2 Å². The summed E-state index contributed by atoms with van der Waals surface area (Å²) < 4.78 is 0. The van der Waals surface area contributed by atoms with E-state index in [9.17, 15) is 4.79 Å². The summed E-state index contributed by atoms with van der Waals surface area (Å²) in [6.07, 6.45) is 0. The van der Waals surface area contributed by atoms with E-state index >= 15 is 0 Å². The van der Waals surface area contributed by atoms with Crippen LogP contribution in [0.5, 0.6) is 0 Å². The number of aromatic nitrogens is 3. The summed E-state index contributed by atoms with van der Waals surface area (Å²) >= 11 is 11.8. The highest BCUT2D eigenvalue weighted by Crippen LogP contribution is 2.25. The normalized spacial score (nSPS) is 12.1. The van der Waals surface area contributed by atoms with Crippen LogP contribution in [0.3, 0.4) is 0 Å². The SMILES string of the molecule is C[C@H](c1nc(N)nc(N(C)C)n1)N(C)CC(=O)Nc1ccc(Cl)c(Cl)c1. The molecule has 0 saturated heterocycles. The topological polar surface area (TPSA) is 100 Å². The number of rotatable bonds is 6. The molecule has 1 heterocycles. The van der Waals surface area contributed by atoms with Crippen LogP contribution in [0.4, 0.5) is 17.6 Å². The first-order valence-electron chi connectivity index (χ1n) is 7.81. The van der Waals surface area contributed by atoms with Crippen molar-refractivity contribution in [2.75, 3.05) is 43.6 Å². The lowest BCUT2D eigenvalue weighted by molar-refractivity contribution is -0.117. The minimum absolute atomic E-state index is 0.129. The first-order valence-corrected chi connectivity index (χ1v) is 8.57. The van der Waals surface area contributed by atoms with Gasteiger partial charge in [-0.25, -0.2) is 0 Å². The average Bonchev–Trinajstić information content (AvgIpc) is 2.56. The number of nitrogens with zero attached hydrogens (tertiary/aromatic N) is 5. The Kier molecular flexibility index (Phi) is 6.57. The third-order valence-corrected chi connectivity index (χ3v) is 4.43. The molecule has 1 atom stereocenters. The molecule has 10 heteroatoms. The van der Waals surface area contributed by atoms with Crippen molar-refractivity contribution in [3.8, 4) is 0 Å². The van der Waals surface area contributed by atoms with E-state index in [1.54, 1.807) is 35.0 Å². The van der Waals surface area contributed by atoms with Gasteiger partial charge in [0.2, 0.25) is 17.8 Å². The maximum absolute atomic E-state index is 12.3. The Balaban J connectivity index is 2.05. The molecular formula is C16H21Cl2N7O. The van der Waals surface area contributed by atoms with Crippen molar-refractivity contribution >= 4 is 46.7 Å². The van der Waals surface area contributed by atoms with E-state index in [1.165, 1.54) is 0 Å². The number of nitrogens with one attached hydrogen (secondary N) is 1. The van der Waals surface area contributed by atoms with E-state index in [0.717, 1.165) is 0 Å². The highest BCUT2D eigenvalue weighted by Gasteiger charge is 2.19. The molecule has 0 fully saturated rings. The highest BCUT2D eigenvalue weighted by molar-refractivity contribution is 6.42. The summed E-state index contributed by atoms with van der Waals surface area (Å²) in [7, 11) is 5.43. The number of anilines is 3. The van der Waals surface area contributed by atoms with Gasteiger partial charge in [-0.3, -0.25) is 9.69 Å². The van der Waals surface area contributed by atoms with Gasteiger partial charge in [-0.15, -0.1) is 0 Å². The second-order valence-corrected chi connectivity index (χ2v) is 6.83. The lowest BCUT2D eigenvalue weighted by atomic mass is 10.2.